The van der Waals surface area contributed by atoms with Crippen LogP contribution in [0.25, 0.3) is 0 Å². The first-order valence-corrected chi connectivity index (χ1v) is 8.51. The van der Waals surface area contributed by atoms with E-state index >= 15 is 0 Å². The summed E-state index contributed by atoms with van der Waals surface area (Å²) in [7, 11) is 1.91. The topological polar surface area (TPSA) is 63.5 Å². The van der Waals surface area contributed by atoms with E-state index in [9.17, 15) is 8.78 Å². The Morgan fingerprint density at radius 1 is 1.23 bits per heavy atom. The van der Waals surface area contributed by atoms with Gasteiger partial charge in [0.15, 0.2) is 17.6 Å². The molecule has 0 fully saturated rings. The molecule has 1 aromatic carbocycles. The van der Waals surface area contributed by atoms with Crippen molar-refractivity contribution in [1.82, 2.24) is 20.4 Å². The Hall–Kier alpha value is -2.64. The molecule has 0 aliphatic carbocycles. The minimum Gasteiger partial charge on any atom is -0.492 e. The van der Waals surface area contributed by atoms with E-state index in [1.807, 2.05) is 32.5 Å². The summed E-state index contributed by atoms with van der Waals surface area (Å²) < 4.78 is 33.3. The van der Waals surface area contributed by atoms with E-state index in [0.717, 1.165) is 35.6 Å². The van der Waals surface area contributed by atoms with Crippen molar-refractivity contribution in [2.45, 2.75) is 27.3 Å². The number of aliphatic imine (C=N–C) groups is 1. The fraction of sp³-hybridized carbons (Fsp3) is 0.444. The molecule has 0 saturated carbocycles. The highest BCUT2D eigenvalue weighted by atomic mass is 19.2. The zero-order valence-corrected chi connectivity index (χ0v) is 15.6. The Kier molecular flexibility index (Phi) is 6.94. The van der Waals surface area contributed by atoms with Crippen LogP contribution in [0.4, 0.5) is 8.78 Å². The number of hydrogen-bond donors (Lipinski definition) is 2. The second-order valence-electron chi connectivity index (χ2n) is 5.82. The zero-order valence-electron chi connectivity index (χ0n) is 15.6. The molecule has 8 heteroatoms. The number of halogens is 2. The van der Waals surface area contributed by atoms with E-state index in [-0.39, 0.29) is 5.75 Å². The molecule has 0 radical (unpaired) electrons. The minimum absolute atomic E-state index is 0.286. The van der Waals surface area contributed by atoms with Crippen LogP contribution in [-0.2, 0) is 13.6 Å². The van der Waals surface area contributed by atoms with E-state index in [1.54, 1.807) is 0 Å². The van der Waals surface area contributed by atoms with Gasteiger partial charge in [0.25, 0.3) is 0 Å². The molecular formula is C18H25F2N5O. The first-order chi connectivity index (χ1) is 12.4. The molecule has 6 nitrogen and oxygen atoms in total. The Morgan fingerprint density at radius 3 is 2.62 bits per heavy atom. The van der Waals surface area contributed by atoms with Crippen molar-refractivity contribution in [2.75, 3.05) is 19.7 Å². The fourth-order valence-corrected chi connectivity index (χ4v) is 2.45. The molecule has 0 spiro atoms. The van der Waals surface area contributed by atoms with Crippen molar-refractivity contribution in [1.29, 1.82) is 0 Å². The van der Waals surface area contributed by atoms with Gasteiger partial charge in [-0.3, -0.25) is 4.68 Å². The smallest absolute Gasteiger partial charge is 0.191 e. The van der Waals surface area contributed by atoms with Crippen LogP contribution in [0.3, 0.4) is 0 Å². The van der Waals surface area contributed by atoms with Crippen LogP contribution in [0, 0.1) is 25.5 Å². The van der Waals surface area contributed by atoms with Crippen LogP contribution in [-0.4, -0.2) is 35.4 Å². The van der Waals surface area contributed by atoms with Gasteiger partial charge in [0, 0.05) is 30.9 Å². The minimum atomic E-state index is -0.924. The maximum Gasteiger partial charge on any atom is 0.191 e. The molecule has 0 saturated heterocycles. The quantitative estimate of drug-likeness (QED) is 0.449. The molecule has 0 unspecified atom stereocenters. The monoisotopic (exact) mass is 365 g/mol. The molecule has 0 bridgehead atoms. The number of guanidine groups is 1. The molecular weight excluding hydrogens is 340 g/mol. The van der Waals surface area contributed by atoms with Crippen molar-refractivity contribution in [3.63, 3.8) is 0 Å². The molecule has 142 valence electrons. The van der Waals surface area contributed by atoms with Crippen LogP contribution >= 0.6 is 0 Å². The molecule has 2 N–H and O–H groups in total. The lowest BCUT2D eigenvalue weighted by molar-refractivity contribution is 0.318. The van der Waals surface area contributed by atoms with Gasteiger partial charge in [-0.1, -0.05) is 0 Å². The van der Waals surface area contributed by atoms with Crippen molar-refractivity contribution in [3.8, 4) is 5.75 Å². The summed E-state index contributed by atoms with van der Waals surface area (Å²) in [5, 5.41) is 10.7. The number of hydrogen-bond acceptors (Lipinski definition) is 3. The molecule has 1 aromatic heterocycles. The molecule has 2 aromatic rings. The second-order valence-corrected chi connectivity index (χ2v) is 5.82. The zero-order chi connectivity index (χ0) is 19.1. The van der Waals surface area contributed by atoms with E-state index < -0.39 is 11.6 Å². The first-order valence-electron chi connectivity index (χ1n) is 8.51. The summed E-state index contributed by atoms with van der Waals surface area (Å²) >= 11 is 0. The lowest BCUT2D eigenvalue weighted by Crippen LogP contribution is -2.39. The number of nitrogens with one attached hydrogen (secondary N) is 2. The third kappa shape index (κ3) is 5.18. The highest BCUT2D eigenvalue weighted by Crippen LogP contribution is 2.15. The van der Waals surface area contributed by atoms with Gasteiger partial charge in [-0.05, 0) is 32.9 Å². The van der Waals surface area contributed by atoms with Crippen LogP contribution in [0.5, 0.6) is 5.75 Å². The number of ether oxygens (including phenoxy) is 1. The fourth-order valence-electron chi connectivity index (χ4n) is 2.45. The molecule has 26 heavy (non-hydrogen) atoms. The van der Waals surface area contributed by atoms with Crippen LogP contribution in [0.1, 0.15) is 23.9 Å². The normalized spacial score (nSPS) is 11.5. The Morgan fingerprint density at radius 2 is 2.00 bits per heavy atom. The Bertz CT molecular complexity index is 773. The predicted octanol–water partition coefficient (Wildman–Crippen LogP) is 2.45. The van der Waals surface area contributed by atoms with E-state index in [2.05, 4.69) is 20.7 Å². The second kappa shape index (κ2) is 9.17. The Labute approximate surface area is 152 Å². The third-order valence-corrected chi connectivity index (χ3v) is 3.95. The predicted molar refractivity (Wildman–Crippen MR) is 97.4 cm³/mol. The van der Waals surface area contributed by atoms with E-state index in [1.165, 1.54) is 6.07 Å². The number of rotatable bonds is 7. The van der Waals surface area contributed by atoms with Crippen LogP contribution < -0.4 is 15.4 Å². The molecule has 0 amide bonds. The molecule has 2 rings (SSSR count). The summed E-state index contributed by atoms with van der Waals surface area (Å²) in [5.74, 6) is -0.871. The molecule has 0 atom stereocenters. The summed E-state index contributed by atoms with van der Waals surface area (Å²) in [4.78, 5) is 4.56. The average molecular weight is 365 g/mol. The van der Waals surface area contributed by atoms with Gasteiger partial charge in [-0.15, -0.1) is 0 Å². The Balaban J connectivity index is 1.88. The summed E-state index contributed by atoms with van der Waals surface area (Å²) in [6.45, 7) is 7.96. The number of nitrogens with zero attached hydrogens (tertiary/aromatic N) is 3. The molecule has 1 heterocycles. The lowest BCUT2D eigenvalue weighted by Gasteiger charge is -2.12. The average Bonchev–Trinajstić information content (AvgIpc) is 2.84. The SMILES string of the molecule is CCNC(=NCc1c(C)nn(C)c1C)NCCOc1ccc(F)c(F)c1. The van der Waals surface area contributed by atoms with Crippen molar-refractivity contribution < 1.29 is 13.5 Å². The number of benzene rings is 1. The number of aryl methyl sites for hydroxylation is 2. The summed E-state index contributed by atoms with van der Waals surface area (Å²) in [6.07, 6.45) is 0. The summed E-state index contributed by atoms with van der Waals surface area (Å²) in [5.41, 5.74) is 3.15. The van der Waals surface area contributed by atoms with E-state index in [4.69, 9.17) is 4.74 Å². The maximum atomic E-state index is 13.1. The van der Waals surface area contributed by atoms with Gasteiger partial charge < -0.3 is 15.4 Å². The molecule has 0 aliphatic rings. The lowest BCUT2D eigenvalue weighted by atomic mass is 10.2. The van der Waals surface area contributed by atoms with Gasteiger partial charge in [-0.2, -0.15) is 5.10 Å². The largest absolute Gasteiger partial charge is 0.492 e. The van der Waals surface area contributed by atoms with Crippen molar-refractivity contribution in [2.24, 2.45) is 12.0 Å². The van der Waals surface area contributed by atoms with Crippen molar-refractivity contribution in [3.05, 3.63) is 46.8 Å². The van der Waals surface area contributed by atoms with Crippen LogP contribution in [0.2, 0.25) is 0 Å². The standard InChI is InChI=1S/C18H25F2N5O/c1-5-21-18(23-11-15-12(2)24-25(4)13(15)3)22-8-9-26-14-6-7-16(19)17(20)10-14/h6-7,10H,5,8-9,11H2,1-4H3,(H2,21,22,23). The van der Waals surface area contributed by atoms with Gasteiger partial charge in [0.1, 0.15) is 12.4 Å². The summed E-state index contributed by atoms with van der Waals surface area (Å²) in [6, 6.07) is 3.47. The van der Waals surface area contributed by atoms with Crippen molar-refractivity contribution >= 4 is 5.96 Å². The highest BCUT2D eigenvalue weighted by Gasteiger charge is 2.09. The van der Waals surface area contributed by atoms with Gasteiger partial charge in [0.2, 0.25) is 0 Å². The maximum absolute atomic E-state index is 13.1. The van der Waals surface area contributed by atoms with E-state index in [0.29, 0.717) is 25.7 Å². The third-order valence-electron chi connectivity index (χ3n) is 3.95. The van der Waals surface area contributed by atoms with Gasteiger partial charge in [-0.25, -0.2) is 13.8 Å². The molecule has 0 aliphatic heterocycles. The van der Waals surface area contributed by atoms with Gasteiger partial charge >= 0.3 is 0 Å². The van der Waals surface area contributed by atoms with Gasteiger partial charge in [0.05, 0.1) is 18.8 Å². The first kappa shape index (κ1) is 19.7. The van der Waals surface area contributed by atoms with Crippen LogP contribution in [0.15, 0.2) is 23.2 Å². The highest BCUT2D eigenvalue weighted by molar-refractivity contribution is 5.79. The number of aromatic nitrogens is 2.